The van der Waals surface area contributed by atoms with Gasteiger partial charge in [0.25, 0.3) is 11.7 Å². The van der Waals surface area contributed by atoms with Crippen molar-refractivity contribution in [1.29, 1.82) is 0 Å². The number of fused-ring (bicyclic) bond motifs is 1. The van der Waals surface area contributed by atoms with Crippen molar-refractivity contribution in [1.82, 2.24) is 0 Å². The number of para-hydroxylation sites is 2. The molecule has 2 aliphatic heterocycles. The quantitative estimate of drug-likeness (QED) is 0.370. The summed E-state index contributed by atoms with van der Waals surface area (Å²) < 4.78 is 25.4. The summed E-state index contributed by atoms with van der Waals surface area (Å²) in [6, 6.07) is 14.8. The van der Waals surface area contributed by atoms with Crippen LogP contribution in [0.4, 0.5) is 10.1 Å². The van der Waals surface area contributed by atoms with Gasteiger partial charge in [0.15, 0.2) is 11.5 Å². The number of aromatic hydroxyl groups is 1. The lowest BCUT2D eigenvalue weighted by atomic mass is 9.94. The lowest BCUT2D eigenvalue weighted by Gasteiger charge is -2.26. The number of ether oxygens (including phenoxy) is 2. The van der Waals surface area contributed by atoms with E-state index in [1.807, 2.05) is 0 Å². The Morgan fingerprint density at radius 3 is 2.47 bits per heavy atom. The monoisotopic (exact) mass is 433 g/mol. The Balaban J connectivity index is 1.74. The molecule has 1 amide bonds. The summed E-state index contributed by atoms with van der Waals surface area (Å²) in [5, 5.41) is 21.4. The maximum atomic E-state index is 14.9. The highest BCUT2D eigenvalue weighted by Gasteiger charge is 2.48. The van der Waals surface area contributed by atoms with E-state index in [1.54, 1.807) is 24.3 Å². The van der Waals surface area contributed by atoms with E-state index in [4.69, 9.17) is 9.47 Å². The lowest BCUT2D eigenvalue weighted by Crippen LogP contribution is -2.29. The number of anilines is 1. The number of amides is 1. The van der Waals surface area contributed by atoms with Gasteiger partial charge in [-0.1, -0.05) is 30.3 Å². The number of hydrogen-bond donors (Lipinski definition) is 2. The number of nitrogens with zero attached hydrogens (tertiary/aromatic N) is 1. The topological polar surface area (TPSA) is 96.3 Å². The van der Waals surface area contributed by atoms with Gasteiger partial charge in [0.05, 0.1) is 17.3 Å². The Hall–Kier alpha value is -4.33. The van der Waals surface area contributed by atoms with Gasteiger partial charge in [-0.05, 0) is 36.4 Å². The maximum absolute atomic E-state index is 14.9. The first kappa shape index (κ1) is 19.6. The molecule has 0 saturated carbocycles. The van der Waals surface area contributed by atoms with E-state index in [9.17, 15) is 24.2 Å². The predicted octanol–water partition coefficient (Wildman–Crippen LogP) is 3.89. The molecule has 0 radical (unpaired) electrons. The molecule has 5 rings (SSSR count). The Bertz CT molecular complexity index is 1300. The van der Waals surface area contributed by atoms with Gasteiger partial charge in [0, 0.05) is 11.1 Å². The van der Waals surface area contributed by atoms with Gasteiger partial charge < -0.3 is 19.7 Å². The number of carbonyl (C=O) groups is 2. The third-order valence-corrected chi connectivity index (χ3v) is 5.43. The Labute approximate surface area is 181 Å². The fraction of sp³-hybridized carbons (Fsp3) is 0.0833. The van der Waals surface area contributed by atoms with Crippen molar-refractivity contribution in [2.45, 2.75) is 6.04 Å². The molecule has 2 heterocycles. The number of aliphatic hydroxyl groups is 1. The molecule has 3 aromatic carbocycles. The van der Waals surface area contributed by atoms with Crippen LogP contribution in [-0.2, 0) is 9.59 Å². The SMILES string of the molecule is O=C1C(=O)N(c2ccccc2O)C(c2ccccc2F)/C1=C(\O)c1ccc2c(c1)OCO2. The zero-order valence-corrected chi connectivity index (χ0v) is 16.5. The summed E-state index contributed by atoms with van der Waals surface area (Å²) in [5.41, 5.74) is -0.0853. The number of carbonyl (C=O) groups excluding carboxylic acids is 2. The standard InChI is InChI=1S/C24H16FNO6/c25-15-6-2-1-5-14(15)21-20(22(28)13-9-10-18-19(11-13)32-12-31-18)23(29)24(30)26(21)16-7-3-4-8-17(16)27/h1-11,21,27-28H,12H2/b22-20+. The van der Waals surface area contributed by atoms with Gasteiger partial charge in [-0.2, -0.15) is 0 Å². The third kappa shape index (κ3) is 2.96. The van der Waals surface area contributed by atoms with Crippen molar-refractivity contribution in [2.75, 3.05) is 11.7 Å². The first-order valence-corrected chi connectivity index (χ1v) is 9.71. The maximum Gasteiger partial charge on any atom is 0.300 e. The summed E-state index contributed by atoms with van der Waals surface area (Å²) in [6.45, 7) is 0.0203. The molecule has 0 bridgehead atoms. The number of Topliss-reactive ketones (excluding diaryl/α,β-unsaturated/α-hetero) is 1. The zero-order chi connectivity index (χ0) is 22.4. The van der Waals surface area contributed by atoms with Crippen LogP contribution in [0.15, 0.2) is 72.3 Å². The van der Waals surface area contributed by atoms with Crippen LogP contribution in [0.25, 0.3) is 5.76 Å². The van der Waals surface area contributed by atoms with Crippen LogP contribution in [0.3, 0.4) is 0 Å². The van der Waals surface area contributed by atoms with Crippen molar-refractivity contribution in [3.05, 3.63) is 89.2 Å². The van der Waals surface area contributed by atoms with Crippen molar-refractivity contribution in [2.24, 2.45) is 0 Å². The summed E-state index contributed by atoms with van der Waals surface area (Å²) in [7, 11) is 0. The number of phenols is 1. The van der Waals surface area contributed by atoms with Gasteiger partial charge in [-0.3, -0.25) is 14.5 Å². The molecule has 1 fully saturated rings. The number of aliphatic hydroxyl groups excluding tert-OH is 1. The molecular formula is C24H16FNO6. The van der Waals surface area contributed by atoms with E-state index in [0.717, 1.165) is 4.90 Å². The average molecular weight is 433 g/mol. The molecule has 1 saturated heterocycles. The minimum absolute atomic E-state index is 0.00255. The fourth-order valence-corrected chi connectivity index (χ4v) is 3.94. The highest BCUT2D eigenvalue weighted by molar-refractivity contribution is 6.51. The highest BCUT2D eigenvalue weighted by Crippen LogP contribution is 2.45. The molecule has 8 heteroatoms. The molecule has 3 aromatic rings. The molecule has 2 aliphatic rings. The molecule has 1 atom stereocenters. The van der Waals surface area contributed by atoms with Crippen LogP contribution < -0.4 is 14.4 Å². The minimum Gasteiger partial charge on any atom is -0.507 e. The fourth-order valence-electron chi connectivity index (χ4n) is 3.94. The van der Waals surface area contributed by atoms with Crippen LogP contribution in [0.5, 0.6) is 17.2 Å². The number of ketones is 1. The van der Waals surface area contributed by atoms with Crippen LogP contribution in [0.2, 0.25) is 0 Å². The lowest BCUT2D eigenvalue weighted by molar-refractivity contribution is -0.132. The third-order valence-electron chi connectivity index (χ3n) is 5.43. The Morgan fingerprint density at radius 1 is 0.969 bits per heavy atom. The van der Waals surface area contributed by atoms with Crippen LogP contribution in [-0.4, -0.2) is 28.7 Å². The number of halogens is 1. The zero-order valence-electron chi connectivity index (χ0n) is 16.5. The van der Waals surface area contributed by atoms with E-state index < -0.39 is 29.3 Å². The van der Waals surface area contributed by atoms with E-state index in [-0.39, 0.29) is 34.9 Å². The largest absolute Gasteiger partial charge is 0.507 e. The van der Waals surface area contributed by atoms with Crippen LogP contribution >= 0.6 is 0 Å². The summed E-state index contributed by atoms with van der Waals surface area (Å²) in [4.78, 5) is 27.1. The molecular weight excluding hydrogens is 417 g/mol. The van der Waals surface area contributed by atoms with Gasteiger partial charge in [-0.15, -0.1) is 0 Å². The van der Waals surface area contributed by atoms with Crippen molar-refractivity contribution < 1.29 is 33.7 Å². The Morgan fingerprint density at radius 2 is 1.69 bits per heavy atom. The molecule has 0 aromatic heterocycles. The molecule has 7 nitrogen and oxygen atoms in total. The van der Waals surface area contributed by atoms with Gasteiger partial charge in [0.1, 0.15) is 17.3 Å². The smallest absolute Gasteiger partial charge is 0.300 e. The predicted molar refractivity (Wildman–Crippen MR) is 112 cm³/mol. The number of phenolic OH excluding ortho intramolecular Hbond substituents is 1. The molecule has 0 aliphatic carbocycles. The van der Waals surface area contributed by atoms with Crippen LogP contribution in [0, 0.1) is 5.82 Å². The Kier molecular flexibility index (Phi) is 4.55. The van der Waals surface area contributed by atoms with Crippen molar-refractivity contribution in [3.8, 4) is 17.2 Å². The number of benzene rings is 3. The average Bonchev–Trinajstić information content (AvgIpc) is 3.36. The molecule has 160 valence electrons. The van der Waals surface area contributed by atoms with Gasteiger partial charge in [-0.25, -0.2) is 4.39 Å². The highest BCUT2D eigenvalue weighted by atomic mass is 19.1. The van der Waals surface area contributed by atoms with E-state index in [2.05, 4.69) is 0 Å². The van der Waals surface area contributed by atoms with Crippen LogP contribution in [0.1, 0.15) is 17.2 Å². The number of hydrogen-bond acceptors (Lipinski definition) is 6. The summed E-state index contributed by atoms with van der Waals surface area (Å²) in [6.07, 6.45) is 0. The van der Waals surface area contributed by atoms with Gasteiger partial charge in [0.2, 0.25) is 6.79 Å². The van der Waals surface area contributed by atoms with Crippen molar-refractivity contribution >= 4 is 23.1 Å². The van der Waals surface area contributed by atoms with E-state index in [1.165, 1.54) is 42.5 Å². The molecule has 0 spiro atoms. The second-order valence-electron chi connectivity index (χ2n) is 7.25. The first-order valence-electron chi connectivity index (χ1n) is 9.71. The summed E-state index contributed by atoms with van der Waals surface area (Å²) in [5.74, 6) is -2.59. The summed E-state index contributed by atoms with van der Waals surface area (Å²) >= 11 is 0. The number of rotatable bonds is 3. The van der Waals surface area contributed by atoms with E-state index >= 15 is 0 Å². The second kappa shape index (κ2) is 7.42. The van der Waals surface area contributed by atoms with E-state index in [0.29, 0.717) is 11.5 Å². The van der Waals surface area contributed by atoms with Gasteiger partial charge >= 0.3 is 0 Å². The molecule has 32 heavy (non-hydrogen) atoms. The second-order valence-corrected chi connectivity index (χ2v) is 7.25. The first-order chi connectivity index (χ1) is 15.5. The normalized spacial score (nSPS) is 18.9. The minimum atomic E-state index is -1.30. The molecule has 2 N–H and O–H groups in total. The van der Waals surface area contributed by atoms with Crippen molar-refractivity contribution in [3.63, 3.8) is 0 Å². The molecule has 1 unspecified atom stereocenters.